The molecule has 1 amide bonds. The van der Waals surface area contributed by atoms with Gasteiger partial charge in [-0.05, 0) is 85.1 Å². The van der Waals surface area contributed by atoms with Crippen molar-refractivity contribution in [1.29, 1.82) is 0 Å². The van der Waals surface area contributed by atoms with Crippen LogP contribution in [0.3, 0.4) is 0 Å². The van der Waals surface area contributed by atoms with Gasteiger partial charge in [-0.15, -0.1) is 0 Å². The van der Waals surface area contributed by atoms with Gasteiger partial charge in [0.25, 0.3) is 15.9 Å². The first-order valence-electron chi connectivity index (χ1n) is 9.78. The van der Waals surface area contributed by atoms with Crippen molar-refractivity contribution in [3.8, 4) is 5.75 Å². The second-order valence-electron chi connectivity index (χ2n) is 7.03. The maximum Gasteiger partial charge on any atom is 0.262 e. The van der Waals surface area contributed by atoms with Crippen LogP contribution in [-0.2, 0) is 21.2 Å². The van der Waals surface area contributed by atoms with Crippen molar-refractivity contribution in [2.45, 2.75) is 25.2 Å². The van der Waals surface area contributed by atoms with Crippen molar-refractivity contribution in [2.75, 3.05) is 16.6 Å². The number of ether oxygens (including phenoxy) is 1. The molecule has 0 heterocycles. The van der Waals surface area contributed by atoms with Gasteiger partial charge in [-0.3, -0.25) is 9.52 Å². The fraction of sp³-hybridized carbons (Fsp3) is 0.174. The summed E-state index contributed by atoms with van der Waals surface area (Å²) in [4.78, 5) is 12.5. The summed E-state index contributed by atoms with van der Waals surface area (Å²) in [5.41, 5.74) is 3.22. The van der Waals surface area contributed by atoms with Crippen molar-refractivity contribution < 1.29 is 17.9 Å². The molecule has 0 bridgehead atoms. The van der Waals surface area contributed by atoms with Crippen LogP contribution in [0.2, 0.25) is 0 Å². The fourth-order valence-electron chi connectivity index (χ4n) is 3.04. The van der Waals surface area contributed by atoms with Gasteiger partial charge in [0.15, 0.2) is 6.61 Å². The van der Waals surface area contributed by atoms with Crippen LogP contribution in [0.15, 0.2) is 74.5 Å². The highest BCUT2D eigenvalue weighted by Crippen LogP contribution is 2.26. The van der Waals surface area contributed by atoms with Gasteiger partial charge in [-0.2, -0.15) is 0 Å². The molecule has 0 fully saturated rings. The number of amides is 1. The van der Waals surface area contributed by atoms with E-state index in [9.17, 15) is 13.2 Å². The van der Waals surface area contributed by atoms with E-state index in [1.807, 2.05) is 26.0 Å². The number of carbonyl (C=O) groups excluding carboxylic acids is 1. The quantitative estimate of drug-likeness (QED) is 0.347. The predicted octanol–water partition coefficient (Wildman–Crippen LogP) is 5.90. The lowest BCUT2D eigenvalue weighted by molar-refractivity contribution is -0.118. The molecular weight excluding hydrogens is 560 g/mol. The van der Waals surface area contributed by atoms with E-state index in [4.69, 9.17) is 4.74 Å². The number of hydrogen-bond donors (Lipinski definition) is 2. The van der Waals surface area contributed by atoms with Gasteiger partial charge in [0, 0.05) is 20.3 Å². The van der Waals surface area contributed by atoms with Gasteiger partial charge < -0.3 is 10.1 Å². The van der Waals surface area contributed by atoms with E-state index in [0.29, 0.717) is 11.4 Å². The summed E-state index contributed by atoms with van der Waals surface area (Å²) in [6.45, 7) is 3.76. The number of anilines is 2. The lowest BCUT2D eigenvalue weighted by atomic mass is 10.1. The third-order valence-electron chi connectivity index (χ3n) is 4.63. The molecule has 0 radical (unpaired) electrons. The molecular formula is C23H22Br2N2O4S. The van der Waals surface area contributed by atoms with E-state index in [1.165, 1.54) is 24.3 Å². The summed E-state index contributed by atoms with van der Waals surface area (Å²) >= 11 is 6.78. The highest BCUT2D eigenvalue weighted by atomic mass is 79.9. The number of hydrogen-bond acceptors (Lipinski definition) is 4. The highest BCUT2D eigenvalue weighted by molar-refractivity contribution is 9.10. The molecule has 0 aliphatic carbocycles. The molecule has 3 rings (SSSR count). The van der Waals surface area contributed by atoms with Crippen molar-refractivity contribution in [1.82, 2.24) is 0 Å². The first kappa shape index (κ1) is 24.3. The number of sulfonamides is 1. The first-order valence-corrected chi connectivity index (χ1v) is 12.8. The Morgan fingerprint density at radius 1 is 0.969 bits per heavy atom. The maximum atomic E-state index is 12.6. The molecule has 2 N–H and O–H groups in total. The van der Waals surface area contributed by atoms with Crippen LogP contribution in [0.25, 0.3) is 0 Å². The predicted molar refractivity (Wildman–Crippen MR) is 134 cm³/mol. The van der Waals surface area contributed by atoms with Crippen molar-refractivity contribution in [3.05, 3.63) is 80.7 Å². The molecule has 0 saturated carbocycles. The molecule has 3 aromatic rings. The Kier molecular flexibility index (Phi) is 7.97. The lowest BCUT2D eigenvalue weighted by Crippen LogP contribution is -2.21. The Balaban J connectivity index is 1.61. The van der Waals surface area contributed by atoms with Crippen LogP contribution < -0.4 is 14.8 Å². The molecule has 168 valence electrons. The van der Waals surface area contributed by atoms with Crippen molar-refractivity contribution in [3.63, 3.8) is 0 Å². The molecule has 0 aromatic heterocycles. The van der Waals surface area contributed by atoms with E-state index in [1.54, 1.807) is 24.3 Å². The molecule has 0 unspecified atom stereocenters. The average molecular weight is 582 g/mol. The van der Waals surface area contributed by atoms with Gasteiger partial charge in [-0.25, -0.2) is 8.42 Å². The minimum Gasteiger partial charge on any atom is -0.484 e. The summed E-state index contributed by atoms with van der Waals surface area (Å²) in [5, 5.41) is 2.90. The van der Waals surface area contributed by atoms with Gasteiger partial charge in [0.1, 0.15) is 5.75 Å². The average Bonchev–Trinajstić information content (AvgIpc) is 2.75. The largest absolute Gasteiger partial charge is 0.484 e. The van der Waals surface area contributed by atoms with E-state index >= 15 is 0 Å². The highest BCUT2D eigenvalue weighted by Gasteiger charge is 2.15. The fourth-order valence-corrected chi connectivity index (χ4v) is 4.98. The SMILES string of the molecule is CCc1cc(Br)cc(C)c1NC(=O)COc1ccc(S(=O)(=O)Nc2ccc(Br)cc2)cc1. The Bertz CT molecular complexity index is 1210. The smallest absolute Gasteiger partial charge is 0.262 e. The summed E-state index contributed by atoms with van der Waals surface area (Å²) in [6.07, 6.45) is 0.779. The summed E-state index contributed by atoms with van der Waals surface area (Å²) in [5.74, 6) is 0.102. The molecule has 0 atom stereocenters. The monoisotopic (exact) mass is 580 g/mol. The van der Waals surface area contributed by atoms with E-state index in [-0.39, 0.29) is 17.4 Å². The number of halogens is 2. The van der Waals surface area contributed by atoms with Crippen LogP contribution >= 0.6 is 31.9 Å². The molecule has 32 heavy (non-hydrogen) atoms. The van der Waals surface area contributed by atoms with Crippen molar-refractivity contribution >= 4 is 59.2 Å². The van der Waals surface area contributed by atoms with Gasteiger partial charge in [0.05, 0.1) is 4.90 Å². The number of benzene rings is 3. The number of aryl methyl sites for hydroxylation is 2. The summed E-state index contributed by atoms with van der Waals surface area (Å²) in [6, 6.07) is 16.6. The Hall–Kier alpha value is -2.36. The minimum atomic E-state index is -3.73. The van der Waals surface area contributed by atoms with Gasteiger partial charge >= 0.3 is 0 Å². The van der Waals surface area contributed by atoms with Crippen LogP contribution in [0.4, 0.5) is 11.4 Å². The maximum absolute atomic E-state index is 12.6. The minimum absolute atomic E-state index is 0.0929. The molecule has 0 aliphatic heterocycles. The lowest BCUT2D eigenvalue weighted by Gasteiger charge is -2.14. The first-order chi connectivity index (χ1) is 15.2. The topological polar surface area (TPSA) is 84.5 Å². The molecule has 0 saturated heterocycles. The molecule has 3 aromatic carbocycles. The zero-order valence-electron chi connectivity index (χ0n) is 17.5. The molecule has 0 aliphatic rings. The van der Waals surface area contributed by atoms with Crippen LogP contribution in [-0.4, -0.2) is 20.9 Å². The van der Waals surface area contributed by atoms with E-state index < -0.39 is 10.0 Å². The zero-order valence-corrected chi connectivity index (χ0v) is 21.5. The second kappa shape index (κ2) is 10.5. The van der Waals surface area contributed by atoms with E-state index in [0.717, 1.165) is 32.2 Å². The second-order valence-corrected chi connectivity index (χ2v) is 10.5. The standard InChI is InChI=1S/C23H22Br2N2O4S/c1-3-16-13-18(25)12-15(2)23(16)26-22(28)14-31-20-8-10-21(11-9-20)32(29,30)27-19-6-4-17(24)5-7-19/h4-13,27H,3,14H2,1-2H3,(H,26,28). The Labute approximate surface area is 204 Å². The molecule has 9 heteroatoms. The zero-order chi connectivity index (χ0) is 23.3. The van der Waals surface area contributed by atoms with Crippen LogP contribution in [0.5, 0.6) is 5.75 Å². The molecule has 6 nitrogen and oxygen atoms in total. The Morgan fingerprint density at radius 2 is 1.62 bits per heavy atom. The number of rotatable bonds is 8. The Morgan fingerprint density at radius 3 is 2.25 bits per heavy atom. The summed E-state index contributed by atoms with van der Waals surface area (Å²) in [7, 11) is -3.73. The normalized spacial score (nSPS) is 11.1. The summed E-state index contributed by atoms with van der Waals surface area (Å²) < 4.78 is 35.0. The third kappa shape index (κ3) is 6.34. The van der Waals surface area contributed by atoms with Gasteiger partial charge in [-0.1, -0.05) is 38.8 Å². The number of carbonyl (C=O) groups is 1. The molecule has 0 spiro atoms. The third-order valence-corrected chi connectivity index (χ3v) is 7.01. The van der Waals surface area contributed by atoms with Crippen molar-refractivity contribution in [2.24, 2.45) is 0 Å². The van der Waals surface area contributed by atoms with Crippen LogP contribution in [0, 0.1) is 6.92 Å². The number of nitrogens with one attached hydrogen (secondary N) is 2. The van der Waals surface area contributed by atoms with Gasteiger partial charge in [0.2, 0.25) is 0 Å². The van der Waals surface area contributed by atoms with Crippen LogP contribution in [0.1, 0.15) is 18.1 Å². The van der Waals surface area contributed by atoms with E-state index in [2.05, 4.69) is 41.9 Å².